The molecular weight excluding hydrogens is 398 g/mol. The number of carboxylic acid groups (broad SMARTS) is 1. The van der Waals surface area contributed by atoms with Gasteiger partial charge >= 0.3 is 5.97 Å². The number of amides is 1. The second-order valence-electron chi connectivity index (χ2n) is 7.95. The number of hydrogen-bond donors (Lipinski definition) is 1. The molecule has 6 heteroatoms. The molecule has 3 fully saturated rings. The van der Waals surface area contributed by atoms with Crippen LogP contribution in [0.15, 0.2) is 28.7 Å². The van der Waals surface area contributed by atoms with E-state index in [1.54, 1.807) is 0 Å². The topological polar surface area (TPSA) is 66.8 Å². The van der Waals surface area contributed by atoms with Crippen molar-refractivity contribution in [3.63, 3.8) is 0 Å². The van der Waals surface area contributed by atoms with E-state index < -0.39 is 11.4 Å². The molecular formula is C20H24BrNO4. The van der Waals surface area contributed by atoms with Crippen molar-refractivity contribution < 1.29 is 19.4 Å². The first-order valence-electron chi connectivity index (χ1n) is 9.33. The summed E-state index contributed by atoms with van der Waals surface area (Å²) in [6.45, 7) is 2.53. The monoisotopic (exact) mass is 421 g/mol. The Hall–Kier alpha value is -1.40. The third kappa shape index (κ3) is 2.97. The first-order chi connectivity index (χ1) is 12.5. The van der Waals surface area contributed by atoms with Crippen LogP contribution < -0.4 is 0 Å². The predicted molar refractivity (Wildman–Crippen MR) is 99.9 cm³/mol. The molecule has 1 spiro atoms. The molecule has 1 aromatic rings. The van der Waals surface area contributed by atoms with E-state index in [1.807, 2.05) is 29.2 Å². The molecule has 0 radical (unpaired) electrons. The number of aliphatic carboxylic acids is 1. The molecule has 2 saturated heterocycles. The van der Waals surface area contributed by atoms with Crippen molar-refractivity contribution in [3.8, 4) is 0 Å². The van der Waals surface area contributed by atoms with Gasteiger partial charge in [-0.3, -0.25) is 9.59 Å². The van der Waals surface area contributed by atoms with Crippen molar-refractivity contribution in [1.29, 1.82) is 0 Å². The SMILES string of the molecule is O=C(O)[C@@H]1CC12CCN(C(=O)C1(c3ccc(Br)cc3)CCOCC1)CC2. The molecule has 26 heavy (non-hydrogen) atoms. The van der Waals surface area contributed by atoms with Crippen LogP contribution in [0.2, 0.25) is 0 Å². The third-order valence-electron chi connectivity index (χ3n) is 6.69. The van der Waals surface area contributed by atoms with E-state index in [2.05, 4.69) is 15.9 Å². The minimum absolute atomic E-state index is 0.0525. The fourth-order valence-corrected chi connectivity index (χ4v) is 5.09. The number of ether oxygens (including phenoxy) is 1. The molecule has 1 aliphatic carbocycles. The van der Waals surface area contributed by atoms with E-state index in [0.717, 1.165) is 29.3 Å². The number of carbonyl (C=O) groups excluding carboxylic acids is 1. The van der Waals surface area contributed by atoms with Crippen molar-refractivity contribution >= 4 is 27.8 Å². The zero-order chi connectivity index (χ0) is 18.4. The van der Waals surface area contributed by atoms with Crippen LogP contribution in [0.3, 0.4) is 0 Å². The number of carbonyl (C=O) groups is 2. The molecule has 0 aromatic heterocycles. The van der Waals surface area contributed by atoms with Gasteiger partial charge in [-0.25, -0.2) is 0 Å². The normalized spacial score (nSPS) is 26.5. The van der Waals surface area contributed by atoms with Crippen LogP contribution in [-0.4, -0.2) is 48.2 Å². The Kier molecular flexibility index (Phi) is 4.59. The number of halogens is 1. The van der Waals surface area contributed by atoms with Crippen molar-refractivity contribution in [2.24, 2.45) is 11.3 Å². The summed E-state index contributed by atoms with van der Waals surface area (Å²) >= 11 is 3.47. The highest BCUT2D eigenvalue weighted by Gasteiger charge is 2.59. The van der Waals surface area contributed by atoms with E-state index in [4.69, 9.17) is 4.74 Å². The largest absolute Gasteiger partial charge is 0.481 e. The van der Waals surface area contributed by atoms with E-state index in [0.29, 0.717) is 39.1 Å². The summed E-state index contributed by atoms with van der Waals surface area (Å²) in [7, 11) is 0. The second-order valence-corrected chi connectivity index (χ2v) is 8.87. The molecule has 0 unspecified atom stereocenters. The molecule has 1 amide bonds. The smallest absolute Gasteiger partial charge is 0.307 e. The predicted octanol–water partition coefficient (Wildman–Crippen LogP) is 3.21. The first kappa shape index (κ1) is 18.0. The lowest BCUT2D eigenvalue weighted by Gasteiger charge is -2.42. The maximum Gasteiger partial charge on any atom is 0.307 e. The van der Waals surface area contributed by atoms with Gasteiger partial charge in [0.15, 0.2) is 0 Å². The fourth-order valence-electron chi connectivity index (χ4n) is 4.82. The molecule has 0 bridgehead atoms. The van der Waals surface area contributed by atoms with Crippen LogP contribution in [0.1, 0.15) is 37.7 Å². The molecule has 2 heterocycles. The van der Waals surface area contributed by atoms with Crippen LogP contribution in [0.25, 0.3) is 0 Å². The average Bonchev–Trinajstić information content (AvgIpc) is 3.37. The fraction of sp³-hybridized carbons (Fsp3) is 0.600. The van der Waals surface area contributed by atoms with E-state index in [-0.39, 0.29) is 17.2 Å². The van der Waals surface area contributed by atoms with Gasteiger partial charge in [-0.2, -0.15) is 0 Å². The number of benzene rings is 1. The van der Waals surface area contributed by atoms with Crippen LogP contribution in [0.5, 0.6) is 0 Å². The lowest BCUT2D eigenvalue weighted by Crippen LogP contribution is -2.52. The molecule has 1 atom stereocenters. The number of rotatable bonds is 3. The number of hydrogen-bond acceptors (Lipinski definition) is 3. The van der Waals surface area contributed by atoms with Crippen LogP contribution in [-0.2, 0) is 19.7 Å². The Morgan fingerprint density at radius 1 is 1.08 bits per heavy atom. The van der Waals surface area contributed by atoms with Crippen molar-refractivity contribution in [2.45, 2.75) is 37.5 Å². The van der Waals surface area contributed by atoms with E-state index in [9.17, 15) is 14.7 Å². The zero-order valence-electron chi connectivity index (χ0n) is 14.7. The highest BCUT2D eigenvalue weighted by atomic mass is 79.9. The summed E-state index contributed by atoms with van der Waals surface area (Å²) in [4.78, 5) is 26.8. The van der Waals surface area contributed by atoms with Crippen molar-refractivity contribution in [3.05, 3.63) is 34.3 Å². The number of piperidine rings is 1. The highest BCUT2D eigenvalue weighted by Crippen LogP contribution is 2.59. The van der Waals surface area contributed by atoms with Gasteiger partial charge in [0.2, 0.25) is 5.91 Å². The lowest BCUT2D eigenvalue weighted by atomic mass is 9.72. The number of likely N-dealkylation sites (tertiary alicyclic amines) is 1. The maximum atomic E-state index is 13.5. The van der Waals surface area contributed by atoms with Gasteiger partial charge in [-0.1, -0.05) is 28.1 Å². The molecule has 1 saturated carbocycles. The minimum atomic E-state index is -0.680. The Morgan fingerprint density at radius 2 is 1.69 bits per heavy atom. The van der Waals surface area contributed by atoms with Gasteiger partial charge in [-0.15, -0.1) is 0 Å². The molecule has 2 aliphatic heterocycles. The van der Waals surface area contributed by atoms with Gasteiger partial charge in [0.1, 0.15) is 0 Å². The van der Waals surface area contributed by atoms with Crippen LogP contribution in [0.4, 0.5) is 0 Å². The Balaban J connectivity index is 1.53. The van der Waals surface area contributed by atoms with Gasteiger partial charge in [-0.05, 0) is 55.2 Å². The maximum absolute atomic E-state index is 13.5. The molecule has 5 nitrogen and oxygen atoms in total. The summed E-state index contributed by atoms with van der Waals surface area (Å²) < 4.78 is 6.55. The Labute approximate surface area is 161 Å². The standard InChI is InChI=1S/C20H24BrNO4/c21-15-3-1-14(2-4-15)20(7-11-26-12-8-20)18(25)22-9-5-19(6-10-22)13-16(19)17(23)24/h1-4,16H,5-13H2,(H,23,24)/t16-/m0/s1. The van der Waals surface area contributed by atoms with Gasteiger partial charge < -0.3 is 14.7 Å². The van der Waals surface area contributed by atoms with Crippen LogP contribution >= 0.6 is 15.9 Å². The number of carboxylic acids is 1. The first-order valence-corrected chi connectivity index (χ1v) is 10.1. The third-order valence-corrected chi connectivity index (χ3v) is 7.22. The summed E-state index contributed by atoms with van der Waals surface area (Å²) in [6, 6.07) is 8.07. The average molecular weight is 422 g/mol. The number of nitrogens with zero attached hydrogens (tertiary/aromatic N) is 1. The van der Waals surface area contributed by atoms with Gasteiger partial charge in [0.05, 0.1) is 11.3 Å². The quantitative estimate of drug-likeness (QED) is 0.813. The van der Waals surface area contributed by atoms with Crippen molar-refractivity contribution in [1.82, 2.24) is 4.90 Å². The molecule has 3 aliphatic rings. The van der Waals surface area contributed by atoms with Crippen molar-refractivity contribution in [2.75, 3.05) is 26.3 Å². The lowest BCUT2D eigenvalue weighted by molar-refractivity contribution is -0.143. The second kappa shape index (κ2) is 6.64. The van der Waals surface area contributed by atoms with E-state index in [1.165, 1.54) is 0 Å². The van der Waals surface area contributed by atoms with Gasteiger partial charge in [0, 0.05) is 30.8 Å². The molecule has 1 aromatic carbocycles. The van der Waals surface area contributed by atoms with E-state index >= 15 is 0 Å². The summed E-state index contributed by atoms with van der Waals surface area (Å²) in [5, 5.41) is 9.26. The zero-order valence-corrected chi connectivity index (χ0v) is 16.3. The molecule has 1 N–H and O–H groups in total. The summed E-state index contributed by atoms with van der Waals surface area (Å²) in [6.07, 6.45) is 3.79. The van der Waals surface area contributed by atoms with Crippen LogP contribution in [0, 0.1) is 11.3 Å². The Morgan fingerprint density at radius 3 is 2.23 bits per heavy atom. The van der Waals surface area contributed by atoms with Gasteiger partial charge in [0.25, 0.3) is 0 Å². The summed E-state index contributed by atoms with van der Waals surface area (Å²) in [5.41, 5.74) is 0.492. The minimum Gasteiger partial charge on any atom is -0.481 e. The highest BCUT2D eigenvalue weighted by molar-refractivity contribution is 9.10. The molecule has 4 rings (SSSR count). The Bertz CT molecular complexity index is 703. The summed E-state index contributed by atoms with van der Waals surface area (Å²) in [5.74, 6) is -0.700. The molecule has 140 valence electrons.